The predicted octanol–water partition coefficient (Wildman–Crippen LogP) is 2.78. The number of aromatic nitrogens is 3. The molecule has 1 N–H and O–H groups in total. The van der Waals surface area contributed by atoms with E-state index < -0.39 is 22.6 Å². The van der Waals surface area contributed by atoms with Crippen molar-refractivity contribution in [3.63, 3.8) is 0 Å². The molecule has 40 heavy (non-hydrogen) atoms. The van der Waals surface area contributed by atoms with Gasteiger partial charge in [0.2, 0.25) is 11.8 Å². The number of rotatable bonds is 14. The number of likely N-dealkylation sites (tertiary alicyclic amines) is 1. The van der Waals surface area contributed by atoms with Gasteiger partial charge in [0.05, 0.1) is 22.1 Å². The Hall–Kier alpha value is -3.18. The maximum absolute atomic E-state index is 14.5. The highest BCUT2D eigenvalue weighted by atomic mass is 32.2. The Bertz CT molecular complexity index is 1280. The lowest BCUT2D eigenvalue weighted by atomic mass is 9.71. The average Bonchev–Trinajstić information content (AvgIpc) is 3.71. The highest BCUT2D eigenvalue weighted by Gasteiger charge is 2.74. The summed E-state index contributed by atoms with van der Waals surface area (Å²) >= 11 is 1.63. The summed E-state index contributed by atoms with van der Waals surface area (Å²) < 4.78 is 6.44. The first-order valence-corrected chi connectivity index (χ1v) is 14.9. The number of carbonyl (C=O) groups excluding carboxylic acids is 3. The van der Waals surface area contributed by atoms with Crippen LogP contribution in [0.1, 0.15) is 38.5 Å². The number of thioether (sulfide) groups is 1. The van der Waals surface area contributed by atoms with Gasteiger partial charge in [-0.3, -0.25) is 14.4 Å². The second-order valence-electron chi connectivity index (χ2n) is 10.7. The molecule has 214 valence electrons. The summed E-state index contributed by atoms with van der Waals surface area (Å²) in [5.41, 5.74) is 1.54. The molecular weight excluding hydrogens is 530 g/mol. The summed E-state index contributed by atoms with van der Waals surface area (Å²) in [6.45, 7) is 8.60. The number of esters is 1. The summed E-state index contributed by atoms with van der Waals surface area (Å²) in [5, 5.41) is 17.6. The van der Waals surface area contributed by atoms with E-state index in [2.05, 4.69) is 23.5 Å². The minimum absolute atomic E-state index is 0.0552. The molecule has 3 aliphatic rings. The second-order valence-corrected chi connectivity index (χ2v) is 12.3. The Morgan fingerprint density at radius 2 is 2.00 bits per heavy atom. The Morgan fingerprint density at radius 1 is 1.20 bits per heavy atom. The molecule has 2 aromatic rings. The summed E-state index contributed by atoms with van der Waals surface area (Å²) in [5.74, 6) is -1.87. The molecule has 3 aliphatic heterocycles. The summed E-state index contributed by atoms with van der Waals surface area (Å²) in [6.07, 6.45) is 7.75. The standard InChI is InChI=1S/C29H37N5O5S/c1-3-15-32(19-34-21-12-8-7-11-20(21)30-31-34)27(37)25-29-14-13-22(40-29)23(28(38)39-18-4-2)24(29)26(36)33(25)16-9-5-6-10-17-35/h3-4,7-8,11-12,22-25,35H,1-2,5-6,9-10,13-19H2/t22-,23+,24+,25?,29?/m1/s1. The van der Waals surface area contributed by atoms with Gasteiger partial charge in [-0.1, -0.05) is 48.9 Å². The number of aliphatic hydroxyl groups is 1. The summed E-state index contributed by atoms with van der Waals surface area (Å²) in [6, 6.07) is 6.87. The molecule has 2 amide bonds. The molecule has 0 saturated carbocycles. The van der Waals surface area contributed by atoms with E-state index >= 15 is 0 Å². The highest BCUT2D eigenvalue weighted by Crippen LogP contribution is 2.66. The van der Waals surface area contributed by atoms with E-state index in [4.69, 9.17) is 9.84 Å². The average molecular weight is 568 g/mol. The number of para-hydroxylation sites is 1. The first kappa shape index (κ1) is 28.4. The quantitative estimate of drug-likeness (QED) is 0.210. The number of ether oxygens (including phenoxy) is 1. The number of hydrogen-bond donors (Lipinski definition) is 1. The topological polar surface area (TPSA) is 118 Å². The molecule has 11 heteroatoms. The van der Waals surface area contributed by atoms with Crippen LogP contribution in [0, 0.1) is 11.8 Å². The fourth-order valence-corrected chi connectivity index (χ4v) is 8.86. The summed E-state index contributed by atoms with van der Waals surface area (Å²) in [4.78, 5) is 45.2. The maximum Gasteiger partial charge on any atom is 0.311 e. The van der Waals surface area contributed by atoms with Crippen LogP contribution in [0.2, 0.25) is 0 Å². The predicted molar refractivity (Wildman–Crippen MR) is 152 cm³/mol. The first-order valence-electron chi connectivity index (χ1n) is 14.0. The molecule has 4 heterocycles. The van der Waals surface area contributed by atoms with Crippen LogP contribution in [-0.4, -0.2) is 90.0 Å². The van der Waals surface area contributed by atoms with E-state index in [0.717, 1.165) is 30.3 Å². The first-order chi connectivity index (χ1) is 19.5. The van der Waals surface area contributed by atoms with Crippen molar-refractivity contribution in [2.45, 2.75) is 61.2 Å². The van der Waals surface area contributed by atoms with E-state index in [9.17, 15) is 14.4 Å². The minimum Gasteiger partial charge on any atom is -0.461 e. The van der Waals surface area contributed by atoms with Gasteiger partial charge in [-0.2, -0.15) is 0 Å². The van der Waals surface area contributed by atoms with Crippen molar-refractivity contribution in [3.05, 3.63) is 49.6 Å². The molecule has 0 radical (unpaired) electrons. The van der Waals surface area contributed by atoms with Crippen LogP contribution in [0.25, 0.3) is 11.0 Å². The third-order valence-electron chi connectivity index (χ3n) is 8.34. The molecule has 1 aromatic heterocycles. The van der Waals surface area contributed by atoms with Gasteiger partial charge in [0.15, 0.2) is 0 Å². The number of aliphatic hydroxyl groups excluding tert-OH is 1. The van der Waals surface area contributed by atoms with Crippen molar-refractivity contribution in [2.75, 3.05) is 26.3 Å². The molecule has 2 unspecified atom stereocenters. The monoisotopic (exact) mass is 567 g/mol. The van der Waals surface area contributed by atoms with Gasteiger partial charge in [-0.05, 0) is 37.8 Å². The zero-order chi connectivity index (χ0) is 28.3. The number of fused-ring (bicyclic) bond motifs is 2. The van der Waals surface area contributed by atoms with Crippen LogP contribution in [0.5, 0.6) is 0 Å². The SMILES string of the molecule is C=CCOC(=O)[C@@H]1[C@H]2C(=O)N(CCCCCCO)C(C(=O)N(CC=C)Cn3nnc4ccccc43)C23CC[C@H]1S3. The number of nitrogens with zero attached hydrogens (tertiary/aromatic N) is 5. The van der Waals surface area contributed by atoms with Gasteiger partial charge in [0.25, 0.3) is 0 Å². The fourth-order valence-electron chi connectivity index (χ4n) is 6.66. The normalized spacial score (nSPS) is 26.7. The fraction of sp³-hybridized carbons (Fsp3) is 0.552. The molecule has 0 aliphatic carbocycles. The van der Waals surface area contributed by atoms with E-state index in [1.807, 2.05) is 24.3 Å². The molecule has 5 rings (SSSR count). The van der Waals surface area contributed by atoms with Crippen LogP contribution < -0.4 is 0 Å². The lowest BCUT2D eigenvalue weighted by molar-refractivity contribution is -0.153. The van der Waals surface area contributed by atoms with E-state index in [1.165, 1.54) is 6.08 Å². The number of carbonyl (C=O) groups is 3. The molecule has 10 nitrogen and oxygen atoms in total. The van der Waals surface area contributed by atoms with Crippen LogP contribution in [0.4, 0.5) is 0 Å². The molecule has 3 saturated heterocycles. The van der Waals surface area contributed by atoms with Crippen LogP contribution in [-0.2, 0) is 25.8 Å². The minimum atomic E-state index is -0.704. The van der Waals surface area contributed by atoms with Crippen LogP contribution in [0.3, 0.4) is 0 Å². The third kappa shape index (κ3) is 4.94. The lowest BCUT2D eigenvalue weighted by Gasteiger charge is -2.37. The Labute approximate surface area is 238 Å². The van der Waals surface area contributed by atoms with Gasteiger partial charge in [0, 0.05) is 24.9 Å². The highest BCUT2D eigenvalue weighted by molar-refractivity contribution is 8.02. The van der Waals surface area contributed by atoms with Gasteiger partial charge >= 0.3 is 5.97 Å². The van der Waals surface area contributed by atoms with Crippen LogP contribution in [0.15, 0.2) is 49.6 Å². The number of benzene rings is 1. The number of amides is 2. The molecule has 5 atom stereocenters. The van der Waals surface area contributed by atoms with Crippen molar-refractivity contribution in [1.82, 2.24) is 24.8 Å². The Balaban J connectivity index is 1.46. The van der Waals surface area contributed by atoms with Crippen LogP contribution >= 0.6 is 11.8 Å². The molecular formula is C29H37N5O5S. The van der Waals surface area contributed by atoms with E-state index in [-0.39, 0.29) is 49.5 Å². The van der Waals surface area contributed by atoms with Gasteiger partial charge in [-0.15, -0.1) is 23.4 Å². The van der Waals surface area contributed by atoms with Crippen molar-refractivity contribution >= 4 is 40.6 Å². The van der Waals surface area contributed by atoms with Crippen molar-refractivity contribution in [1.29, 1.82) is 0 Å². The smallest absolute Gasteiger partial charge is 0.311 e. The van der Waals surface area contributed by atoms with Gasteiger partial charge < -0.3 is 19.6 Å². The zero-order valence-electron chi connectivity index (χ0n) is 22.7. The second kappa shape index (κ2) is 12.1. The molecule has 2 bridgehead atoms. The Kier molecular flexibility index (Phi) is 8.60. The largest absolute Gasteiger partial charge is 0.461 e. The number of unbranched alkanes of at least 4 members (excludes halogenated alkanes) is 3. The third-order valence-corrected chi connectivity index (χ3v) is 10.3. The molecule has 1 aromatic carbocycles. The van der Waals surface area contributed by atoms with Gasteiger partial charge in [0.1, 0.15) is 24.8 Å². The number of hydrogen-bond acceptors (Lipinski definition) is 8. The summed E-state index contributed by atoms with van der Waals surface area (Å²) in [7, 11) is 0. The van der Waals surface area contributed by atoms with Crippen molar-refractivity contribution in [2.24, 2.45) is 11.8 Å². The van der Waals surface area contributed by atoms with E-state index in [0.29, 0.717) is 25.8 Å². The lowest BCUT2D eigenvalue weighted by Crippen LogP contribution is -2.55. The Morgan fingerprint density at radius 3 is 2.77 bits per heavy atom. The van der Waals surface area contributed by atoms with Crippen molar-refractivity contribution in [3.8, 4) is 0 Å². The van der Waals surface area contributed by atoms with Gasteiger partial charge in [-0.25, -0.2) is 4.68 Å². The zero-order valence-corrected chi connectivity index (χ0v) is 23.5. The maximum atomic E-state index is 14.5. The van der Waals surface area contributed by atoms with Crippen molar-refractivity contribution < 1.29 is 24.2 Å². The molecule has 1 spiro atoms. The van der Waals surface area contributed by atoms with E-state index in [1.54, 1.807) is 32.3 Å². The molecule has 3 fully saturated rings.